The Morgan fingerprint density at radius 1 is 1.24 bits per heavy atom. The van der Waals surface area contributed by atoms with E-state index in [0.29, 0.717) is 12.1 Å². The molecule has 0 aliphatic heterocycles. The van der Waals surface area contributed by atoms with Gasteiger partial charge in [0.05, 0.1) is 11.6 Å². The molecule has 2 aromatic rings. The van der Waals surface area contributed by atoms with Gasteiger partial charge in [0.1, 0.15) is 5.82 Å². The molecule has 0 fully saturated rings. The zero-order chi connectivity index (χ0) is 14.6. The highest BCUT2D eigenvalue weighted by Crippen LogP contribution is 2.39. The van der Waals surface area contributed by atoms with E-state index in [1.54, 1.807) is 6.07 Å². The van der Waals surface area contributed by atoms with Crippen LogP contribution in [0.5, 0.6) is 0 Å². The molecule has 3 nitrogen and oxygen atoms in total. The number of aryl methyl sites for hydroxylation is 1. The summed E-state index contributed by atoms with van der Waals surface area (Å²) < 4.78 is 13.6. The molecular formula is C16H12ClFN2O. The van der Waals surface area contributed by atoms with Gasteiger partial charge in [0.25, 0.3) is 0 Å². The predicted octanol–water partition coefficient (Wildman–Crippen LogP) is 3.01. The predicted molar refractivity (Wildman–Crippen MR) is 76.0 cm³/mol. The standard InChI is InChI=1S/C16H12ClFN2O/c17-16-19-12-3-1-2-10(12)15(20-16)14-11-7-9(18)5-4-8(11)6-13(14)21/h4-5,7,14H,1-3,6H2. The lowest BCUT2D eigenvalue weighted by Gasteiger charge is -2.14. The molecule has 2 aliphatic rings. The third kappa shape index (κ3) is 1.97. The van der Waals surface area contributed by atoms with Crippen LogP contribution < -0.4 is 0 Å². The van der Waals surface area contributed by atoms with Crippen LogP contribution in [0.2, 0.25) is 5.28 Å². The number of nitrogens with zero attached hydrogens (tertiary/aromatic N) is 2. The van der Waals surface area contributed by atoms with Crippen LogP contribution in [0.1, 0.15) is 40.4 Å². The summed E-state index contributed by atoms with van der Waals surface area (Å²) in [5.41, 5.74) is 4.24. The second-order valence-electron chi connectivity index (χ2n) is 5.58. The fourth-order valence-corrected chi connectivity index (χ4v) is 3.62. The molecule has 1 aromatic heterocycles. The van der Waals surface area contributed by atoms with Crippen molar-refractivity contribution in [3.05, 3.63) is 57.4 Å². The lowest BCUT2D eigenvalue weighted by Crippen LogP contribution is -2.14. The molecule has 1 atom stereocenters. The molecule has 2 aliphatic carbocycles. The van der Waals surface area contributed by atoms with Gasteiger partial charge in [0, 0.05) is 12.1 Å². The molecule has 0 spiro atoms. The van der Waals surface area contributed by atoms with Gasteiger partial charge in [-0.2, -0.15) is 0 Å². The van der Waals surface area contributed by atoms with Crippen LogP contribution in [0.25, 0.3) is 0 Å². The van der Waals surface area contributed by atoms with Gasteiger partial charge in [-0.1, -0.05) is 6.07 Å². The molecule has 0 amide bonds. The minimum absolute atomic E-state index is 0.0551. The van der Waals surface area contributed by atoms with Crippen LogP contribution in [-0.2, 0) is 24.1 Å². The Labute approximate surface area is 126 Å². The number of halogens is 2. The van der Waals surface area contributed by atoms with E-state index in [0.717, 1.165) is 41.6 Å². The number of ketones is 1. The number of carbonyl (C=O) groups excluding carboxylic acids is 1. The quantitative estimate of drug-likeness (QED) is 0.761. The lowest BCUT2D eigenvalue weighted by atomic mass is 9.93. The molecule has 1 aromatic carbocycles. The van der Waals surface area contributed by atoms with Gasteiger partial charge in [0.2, 0.25) is 5.28 Å². The SMILES string of the molecule is O=C1Cc2ccc(F)cc2C1c1nc(Cl)nc2c1CCC2. The Bertz CT molecular complexity index is 775. The average Bonchev–Trinajstić information content (AvgIpc) is 3.01. The van der Waals surface area contributed by atoms with E-state index in [4.69, 9.17) is 11.6 Å². The van der Waals surface area contributed by atoms with Crippen LogP contribution in [0.3, 0.4) is 0 Å². The van der Waals surface area contributed by atoms with Gasteiger partial charge >= 0.3 is 0 Å². The Balaban J connectivity index is 1.92. The second kappa shape index (κ2) is 4.60. The molecule has 1 heterocycles. The molecule has 0 bridgehead atoms. The third-order valence-electron chi connectivity index (χ3n) is 4.32. The molecule has 106 valence electrons. The highest BCUT2D eigenvalue weighted by molar-refractivity contribution is 6.28. The maximum Gasteiger partial charge on any atom is 0.222 e. The normalized spacial score (nSPS) is 19.7. The molecule has 0 N–H and O–H groups in total. The zero-order valence-electron chi connectivity index (χ0n) is 11.2. The number of rotatable bonds is 1. The Morgan fingerprint density at radius 3 is 2.95 bits per heavy atom. The topological polar surface area (TPSA) is 42.9 Å². The van der Waals surface area contributed by atoms with Crippen molar-refractivity contribution < 1.29 is 9.18 Å². The number of Topliss-reactive ketones (excluding diaryl/α,β-unsaturated/α-hetero) is 1. The van der Waals surface area contributed by atoms with Crippen molar-refractivity contribution in [1.82, 2.24) is 9.97 Å². The van der Waals surface area contributed by atoms with E-state index in [1.807, 2.05) is 0 Å². The van der Waals surface area contributed by atoms with E-state index in [2.05, 4.69) is 9.97 Å². The largest absolute Gasteiger partial charge is 0.298 e. The fourth-order valence-electron chi connectivity index (χ4n) is 3.43. The molecular weight excluding hydrogens is 291 g/mol. The number of aromatic nitrogens is 2. The Kier molecular flexibility index (Phi) is 2.82. The van der Waals surface area contributed by atoms with Crippen molar-refractivity contribution >= 4 is 17.4 Å². The van der Waals surface area contributed by atoms with E-state index < -0.39 is 5.92 Å². The number of hydrogen-bond acceptors (Lipinski definition) is 3. The van der Waals surface area contributed by atoms with Crippen molar-refractivity contribution in [3.8, 4) is 0 Å². The van der Waals surface area contributed by atoms with Gasteiger partial charge in [-0.3, -0.25) is 4.79 Å². The summed E-state index contributed by atoms with van der Waals surface area (Å²) in [7, 11) is 0. The first-order chi connectivity index (χ1) is 10.1. The molecule has 1 unspecified atom stereocenters. The van der Waals surface area contributed by atoms with Crippen LogP contribution in [0.15, 0.2) is 18.2 Å². The van der Waals surface area contributed by atoms with E-state index >= 15 is 0 Å². The van der Waals surface area contributed by atoms with Crippen molar-refractivity contribution in [3.63, 3.8) is 0 Å². The number of hydrogen-bond donors (Lipinski definition) is 0. The van der Waals surface area contributed by atoms with E-state index in [1.165, 1.54) is 12.1 Å². The summed E-state index contributed by atoms with van der Waals surface area (Å²) >= 11 is 6.01. The van der Waals surface area contributed by atoms with Crippen molar-refractivity contribution in [2.45, 2.75) is 31.6 Å². The zero-order valence-corrected chi connectivity index (χ0v) is 12.0. The lowest BCUT2D eigenvalue weighted by molar-refractivity contribution is -0.118. The minimum Gasteiger partial charge on any atom is -0.298 e. The summed E-state index contributed by atoms with van der Waals surface area (Å²) in [6, 6.07) is 4.53. The third-order valence-corrected chi connectivity index (χ3v) is 4.49. The summed E-state index contributed by atoms with van der Waals surface area (Å²) in [6.07, 6.45) is 3.04. The Morgan fingerprint density at radius 2 is 2.10 bits per heavy atom. The Hall–Kier alpha value is -1.81. The first-order valence-electron chi connectivity index (χ1n) is 6.99. The number of carbonyl (C=O) groups is 1. The minimum atomic E-state index is -0.497. The molecule has 0 radical (unpaired) electrons. The summed E-state index contributed by atoms with van der Waals surface area (Å²) in [5, 5.41) is 0.170. The van der Waals surface area contributed by atoms with Crippen LogP contribution in [0.4, 0.5) is 4.39 Å². The van der Waals surface area contributed by atoms with E-state index in [-0.39, 0.29) is 16.9 Å². The van der Waals surface area contributed by atoms with Crippen LogP contribution >= 0.6 is 11.6 Å². The van der Waals surface area contributed by atoms with Gasteiger partial charge in [0.15, 0.2) is 5.78 Å². The van der Waals surface area contributed by atoms with Gasteiger partial charge in [-0.05, 0) is 59.7 Å². The monoisotopic (exact) mass is 302 g/mol. The first kappa shape index (κ1) is 12.9. The molecule has 5 heteroatoms. The summed E-state index contributed by atoms with van der Waals surface area (Å²) in [5.74, 6) is -0.771. The molecule has 0 saturated carbocycles. The smallest absolute Gasteiger partial charge is 0.222 e. The maximum absolute atomic E-state index is 13.6. The van der Waals surface area contributed by atoms with Crippen LogP contribution in [-0.4, -0.2) is 15.8 Å². The van der Waals surface area contributed by atoms with Crippen molar-refractivity contribution in [2.75, 3.05) is 0 Å². The molecule has 4 rings (SSSR count). The van der Waals surface area contributed by atoms with Gasteiger partial charge < -0.3 is 0 Å². The van der Waals surface area contributed by atoms with Crippen molar-refractivity contribution in [2.24, 2.45) is 0 Å². The number of fused-ring (bicyclic) bond motifs is 2. The first-order valence-corrected chi connectivity index (χ1v) is 7.37. The van der Waals surface area contributed by atoms with Gasteiger partial charge in [-0.15, -0.1) is 0 Å². The summed E-state index contributed by atoms with van der Waals surface area (Å²) in [6.45, 7) is 0. The van der Waals surface area contributed by atoms with Crippen LogP contribution in [0, 0.1) is 5.82 Å². The molecule has 21 heavy (non-hydrogen) atoms. The van der Waals surface area contributed by atoms with Crippen molar-refractivity contribution in [1.29, 1.82) is 0 Å². The average molecular weight is 303 g/mol. The maximum atomic E-state index is 13.6. The fraction of sp³-hybridized carbons (Fsp3) is 0.312. The van der Waals surface area contributed by atoms with E-state index in [9.17, 15) is 9.18 Å². The molecule has 0 saturated heterocycles. The highest BCUT2D eigenvalue weighted by Gasteiger charge is 2.36. The highest BCUT2D eigenvalue weighted by atomic mass is 35.5. The second-order valence-corrected chi connectivity index (χ2v) is 5.91. The number of benzene rings is 1. The summed E-state index contributed by atoms with van der Waals surface area (Å²) in [4.78, 5) is 21.0. The van der Waals surface area contributed by atoms with Gasteiger partial charge in [-0.25, -0.2) is 14.4 Å².